The number of ether oxygens (including phenoxy) is 2. The number of hydrogen-bond acceptors (Lipinski definition) is 6. The third-order valence-electron chi connectivity index (χ3n) is 5.32. The van der Waals surface area contributed by atoms with Gasteiger partial charge in [0.25, 0.3) is 0 Å². The quantitative estimate of drug-likeness (QED) is 0.448. The number of esters is 1. The summed E-state index contributed by atoms with van der Waals surface area (Å²) in [6.45, 7) is 0.165. The Labute approximate surface area is 149 Å². The summed E-state index contributed by atoms with van der Waals surface area (Å²) >= 11 is 0. The highest BCUT2D eigenvalue weighted by Crippen LogP contribution is 2.41. The molecule has 3 saturated heterocycles. The minimum atomic E-state index is -1.21. The Morgan fingerprint density at radius 2 is 1.88 bits per heavy atom. The number of carbonyl (C=O) groups is 4. The lowest BCUT2D eigenvalue weighted by atomic mass is 9.80. The Morgan fingerprint density at radius 1 is 1.15 bits per heavy atom. The van der Waals surface area contributed by atoms with E-state index in [2.05, 4.69) is 4.74 Å². The third-order valence-corrected chi connectivity index (χ3v) is 5.32. The van der Waals surface area contributed by atoms with Gasteiger partial charge in [0.05, 0.1) is 19.2 Å². The van der Waals surface area contributed by atoms with Crippen LogP contribution in [-0.2, 0) is 23.9 Å². The predicted octanol–water partition coefficient (Wildman–Crippen LogP) is 0.664. The molecule has 4 atom stereocenters. The topological polar surface area (TPSA) is 93.2 Å². The normalized spacial score (nSPS) is 30.6. The summed E-state index contributed by atoms with van der Waals surface area (Å²) in [5.74, 6) is -1.49. The summed E-state index contributed by atoms with van der Waals surface area (Å²) in [7, 11) is 1.18. The van der Waals surface area contributed by atoms with Gasteiger partial charge in [0, 0.05) is 6.42 Å². The molecule has 0 aromatic heterocycles. The first-order valence-electron chi connectivity index (χ1n) is 8.47. The van der Waals surface area contributed by atoms with Crippen molar-refractivity contribution in [2.45, 2.75) is 37.0 Å². The third kappa shape index (κ3) is 2.28. The van der Waals surface area contributed by atoms with E-state index >= 15 is 0 Å². The molecule has 0 aliphatic carbocycles. The summed E-state index contributed by atoms with van der Waals surface area (Å²) in [5.41, 5.74) is 0.876. The van der Waals surface area contributed by atoms with Crippen LogP contribution in [0.15, 0.2) is 30.3 Å². The Balaban J connectivity index is 1.62. The minimum absolute atomic E-state index is 0.165. The number of carbonyl (C=O) groups excluding carboxylic acids is 4. The summed E-state index contributed by atoms with van der Waals surface area (Å²) in [6, 6.07) is 6.65. The number of hydrogen-bond donors (Lipinski definition) is 0. The Morgan fingerprint density at radius 3 is 2.58 bits per heavy atom. The number of amides is 2. The highest BCUT2D eigenvalue weighted by Gasteiger charge is 2.61. The van der Waals surface area contributed by atoms with Gasteiger partial charge < -0.3 is 14.4 Å². The molecule has 26 heavy (non-hydrogen) atoms. The first-order valence-corrected chi connectivity index (χ1v) is 8.47. The molecule has 3 heterocycles. The molecule has 0 bridgehead atoms. The molecule has 0 spiro atoms. The van der Waals surface area contributed by atoms with E-state index in [1.165, 1.54) is 16.9 Å². The zero-order valence-corrected chi connectivity index (χ0v) is 14.2. The molecule has 3 fully saturated rings. The molecule has 136 valence electrons. The van der Waals surface area contributed by atoms with Crippen molar-refractivity contribution >= 4 is 23.8 Å². The zero-order valence-electron chi connectivity index (χ0n) is 14.2. The number of benzene rings is 1. The zero-order chi connectivity index (χ0) is 18.4. The molecular weight excluding hydrogens is 340 g/mol. The lowest BCUT2D eigenvalue weighted by Gasteiger charge is -2.54. The molecule has 3 aliphatic rings. The molecule has 1 unspecified atom stereocenters. The van der Waals surface area contributed by atoms with Gasteiger partial charge in [0.1, 0.15) is 12.6 Å². The van der Waals surface area contributed by atoms with Crippen LogP contribution in [-0.4, -0.2) is 65.4 Å². The van der Waals surface area contributed by atoms with Crippen molar-refractivity contribution in [3.8, 4) is 0 Å². The van der Waals surface area contributed by atoms with Gasteiger partial charge in [0.2, 0.25) is 5.91 Å². The van der Waals surface area contributed by atoms with E-state index < -0.39 is 30.1 Å². The van der Waals surface area contributed by atoms with E-state index in [4.69, 9.17) is 4.74 Å². The number of rotatable bonds is 3. The van der Waals surface area contributed by atoms with E-state index in [1.807, 2.05) is 30.3 Å². The van der Waals surface area contributed by atoms with Crippen LogP contribution in [0.1, 0.15) is 24.4 Å². The summed E-state index contributed by atoms with van der Waals surface area (Å²) in [6.07, 6.45) is 0.0285. The van der Waals surface area contributed by atoms with Crippen molar-refractivity contribution < 1.29 is 28.7 Å². The molecule has 0 saturated carbocycles. The van der Waals surface area contributed by atoms with Gasteiger partial charge in [-0.1, -0.05) is 30.3 Å². The van der Waals surface area contributed by atoms with Gasteiger partial charge in [-0.3, -0.25) is 14.5 Å². The monoisotopic (exact) mass is 358 g/mol. The fourth-order valence-electron chi connectivity index (χ4n) is 4.08. The van der Waals surface area contributed by atoms with Crippen molar-refractivity contribution in [3.63, 3.8) is 0 Å². The number of ketones is 1. The molecule has 0 N–H and O–H groups in total. The summed E-state index contributed by atoms with van der Waals surface area (Å²) in [4.78, 5) is 51.9. The van der Waals surface area contributed by atoms with Gasteiger partial charge in [-0.25, -0.2) is 9.59 Å². The van der Waals surface area contributed by atoms with Crippen LogP contribution in [0.25, 0.3) is 0 Å². The largest absolute Gasteiger partial charge is 0.467 e. The number of fused-ring (bicyclic) bond motifs is 1. The molecule has 3 aliphatic heterocycles. The molecule has 4 rings (SSSR count). The molecule has 0 radical (unpaired) electrons. The molecule has 1 aromatic carbocycles. The van der Waals surface area contributed by atoms with Gasteiger partial charge in [0.15, 0.2) is 11.8 Å². The number of piperidine rings is 1. The fourth-order valence-corrected chi connectivity index (χ4v) is 4.08. The van der Waals surface area contributed by atoms with E-state index in [-0.39, 0.29) is 30.9 Å². The van der Waals surface area contributed by atoms with Crippen LogP contribution >= 0.6 is 0 Å². The van der Waals surface area contributed by atoms with Crippen LogP contribution in [0.2, 0.25) is 0 Å². The van der Waals surface area contributed by atoms with Gasteiger partial charge in [-0.15, -0.1) is 0 Å². The standard InChI is InChI=1S/C18H18N2O6/c1-25-17(23)15-13(21)8-7-11-14(16(22)19(11)15)20-12(9-26-18(20)24)10-5-3-2-4-6-10/h2-6,11-12,14-15H,7-9H2,1H3/t11-,12-,14+,15?/m1/s1. The van der Waals surface area contributed by atoms with Crippen molar-refractivity contribution in [3.05, 3.63) is 35.9 Å². The van der Waals surface area contributed by atoms with Gasteiger partial charge in [-0.2, -0.15) is 0 Å². The lowest BCUT2D eigenvalue weighted by Crippen LogP contribution is -2.77. The van der Waals surface area contributed by atoms with Gasteiger partial charge in [-0.05, 0) is 12.0 Å². The minimum Gasteiger partial charge on any atom is -0.467 e. The molecule has 8 nitrogen and oxygen atoms in total. The second kappa shape index (κ2) is 6.12. The average molecular weight is 358 g/mol. The van der Waals surface area contributed by atoms with Crippen molar-refractivity contribution in [2.24, 2.45) is 0 Å². The Kier molecular flexibility index (Phi) is 3.90. The molecule has 2 amide bonds. The van der Waals surface area contributed by atoms with E-state index in [0.717, 1.165) is 5.56 Å². The maximum absolute atomic E-state index is 12.8. The number of cyclic esters (lactones) is 1. The van der Waals surface area contributed by atoms with Crippen LogP contribution in [0.4, 0.5) is 4.79 Å². The predicted molar refractivity (Wildman–Crippen MR) is 86.8 cm³/mol. The van der Waals surface area contributed by atoms with Crippen LogP contribution < -0.4 is 0 Å². The van der Waals surface area contributed by atoms with Crippen molar-refractivity contribution in [1.82, 2.24) is 9.80 Å². The van der Waals surface area contributed by atoms with Crippen LogP contribution in [0.5, 0.6) is 0 Å². The number of methoxy groups -OCH3 is 1. The summed E-state index contributed by atoms with van der Waals surface area (Å²) < 4.78 is 9.87. The SMILES string of the molecule is COC(=O)C1C(=O)CC[C@@H]2[C@H](N3C(=O)OC[C@@H]3c3ccccc3)C(=O)N12. The Hall–Kier alpha value is -2.90. The van der Waals surface area contributed by atoms with Crippen molar-refractivity contribution in [2.75, 3.05) is 13.7 Å². The average Bonchev–Trinajstić information content (AvgIpc) is 3.03. The number of β-lactam (4-membered cyclic amide) rings is 1. The van der Waals surface area contributed by atoms with Gasteiger partial charge >= 0.3 is 12.1 Å². The lowest BCUT2D eigenvalue weighted by molar-refractivity contribution is -0.179. The highest BCUT2D eigenvalue weighted by molar-refractivity contribution is 6.09. The summed E-state index contributed by atoms with van der Waals surface area (Å²) in [5, 5.41) is 0. The van der Waals surface area contributed by atoms with E-state index in [0.29, 0.717) is 6.42 Å². The highest BCUT2D eigenvalue weighted by atomic mass is 16.6. The van der Waals surface area contributed by atoms with Crippen LogP contribution in [0, 0.1) is 0 Å². The number of Topliss-reactive ketones (excluding diaryl/α,β-unsaturated/α-hetero) is 1. The van der Waals surface area contributed by atoms with E-state index in [9.17, 15) is 19.2 Å². The second-order valence-electron chi connectivity index (χ2n) is 6.60. The molecular formula is C18H18N2O6. The smallest absolute Gasteiger partial charge is 0.411 e. The molecule has 1 aromatic rings. The first-order chi connectivity index (χ1) is 12.5. The van der Waals surface area contributed by atoms with Crippen LogP contribution in [0.3, 0.4) is 0 Å². The fraction of sp³-hybridized carbons (Fsp3) is 0.444. The Bertz CT molecular complexity index is 771. The maximum Gasteiger partial charge on any atom is 0.411 e. The van der Waals surface area contributed by atoms with E-state index in [1.54, 1.807) is 0 Å². The molecule has 8 heteroatoms. The maximum atomic E-state index is 12.8. The second-order valence-corrected chi connectivity index (χ2v) is 6.60. The number of nitrogens with zero attached hydrogens (tertiary/aromatic N) is 2. The van der Waals surface area contributed by atoms with Crippen molar-refractivity contribution in [1.29, 1.82) is 0 Å². The first kappa shape index (κ1) is 16.6.